The lowest BCUT2D eigenvalue weighted by Gasteiger charge is -2.30. The summed E-state index contributed by atoms with van der Waals surface area (Å²) in [6, 6.07) is 0.235. The average Bonchev–Trinajstić information content (AvgIpc) is 3.19. The van der Waals surface area contributed by atoms with Crippen molar-refractivity contribution in [2.75, 3.05) is 0 Å². The van der Waals surface area contributed by atoms with Crippen molar-refractivity contribution in [3.8, 4) is 0 Å². The minimum atomic E-state index is 0.0276. The summed E-state index contributed by atoms with van der Waals surface area (Å²) in [6.45, 7) is 2.70. The Labute approximate surface area is 171 Å². The van der Waals surface area contributed by atoms with Crippen LogP contribution in [0.4, 0.5) is 0 Å². The molecule has 0 radical (unpaired) electrons. The van der Waals surface area contributed by atoms with Gasteiger partial charge < -0.3 is 15.2 Å². The van der Waals surface area contributed by atoms with Gasteiger partial charge in [0.1, 0.15) is 5.82 Å². The van der Waals surface area contributed by atoms with Crippen molar-refractivity contribution < 1.29 is 9.59 Å². The van der Waals surface area contributed by atoms with Gasteiger partial charge in [0.2, 0.25) is 11.8 Å². The number of nitrogens with zero attached hydrogens (tertiary/aromatic N) is 4. The Morgan fingerprint density at radius 3 is 2.52 bits per heavy atom. The van der Waals surface area contributed by atoms with E-state index in [4.69, 9.17) is 0 Å². The third kappa shape index (κ3) is 6.66. The van der Waals surface area contributed by atoms with E-state index in [-0.39, 0.29) is 23.9 Å². The van der Waals surface area contributed by atoms with E-state index in [1.807, 2.05) is 10.8 Å². The third-order valence-electron chi connectivity index (χ3n) is 5.33. The lowest BCUT2D eigenvalue weighted by molar-refractivity contribution is -0.122. The molecule has 29 heavy (non-hydrogen) atoms. The first-order chi connectivity index (χ1) is 14.1. The van der Waals surface area contributed by atoms with Crippen LogP contribution in [0.5, 0.6) is 0 Å². The molecule has 0 aliphatic heterocycles. The summed E-state index contributed by atoms with van der Waals surface area (Å²) in [5, 5.41) is 6.25. The van der Waals surface area contributed by atoms with Gasteiger partial charge >= 0.3 is 0 Å². The van der Waals surface area contributed by atoms with Crippen LogP contribution < -0.4 is 10.6 Å². The first-order valence-corrected chi connectivity index (χ1v) is 10.5. The first kappa shape index (κ1) is 21.0. The molecule has 0 unspecified atom stereocenters. The Hall–Kier alpha value is -2.77. The molecule has 8 heteroatoms. The number of amides is 2. The highest BCUT2D eigenvalue weighted by atomic mass is 16.2. The maximum atomic E-state index is 12.3. The van der Waals surface area contributed by atoms with Gasteiger partial charge in [-0.05, 0) is 32.1 Å². The fourth-order valence-electron chi connectivity index (χ4n) is 3.83. The monoisotopic (exact) mass is 398 g/mol. The molecule has 1 aliphatic rings. The molecule has 2 aromatic heterocycles. The molecule has 2 heterocycles. The molecule has 0 aromatic carbocycles. The number of carbonyl (C=O) groups is 2. The highest BCUT2D eigenvalue weighted by molar-refractivity contribution is 5.77. The van der Waals surface area contributed by atoms with Crippen LogP contribution >= 0.6 is 0 Å². The molecule has 2 amide bonds. The van der Waals surface area contributed by atoms with E-state index in [1.54, 1.807) is 24.8 Å². The molecule has 1 aliphatic carbocycles. The fraction of sp³-hybridized carbons (Fsp3) is 0.571. The molecule has 2 aromatic rings. The quantitative estimate of drug-likeness (QED) is 0.671. The SMILES string of the molecule is CCc1nccn1CCC(=O)N[C@@H]1CCC[C@@H](NC(=O)CCc2cnccn2)C1. The summed E-state index contributed by atoms with van der Waals surface area (Å²) in [7, 11) is 0. The zero-order valence-corrected chi connectivity index (χ0v) is 17.0. The summed E-state index contributed by atoms with van der Waals surface area (Å²) >= 11 is 0. The molecule has 8 nitrogen and oxygen atoms in total. The van der Waals surface area contributed by atoms with E-state index in [2.05, 4.69) is 32.5 Å². The molecule has 1 saturated carbocycles. The number of nitrogens with one attached hydrogen (secondary N) is 2. The van der Waals surface area contributed by atoms with E-state index >= 15 is 0 Å². The van der Waals surface area contributed by atoms with Crippen molar-refractivity contribution in [3.05, 3.63) is 42.5 Å². The van der Waals surface area contributed by atoms with Crippen LogP contribution in [0, 0.1) is 0 Å². The van der Waals surface area contributed by atoms with Gasteiger partial charge in [0.05, 0.1) is 5.69 Å². The number of carbonyl (C=O) groups excluding carboxylic acids is 2. The second-order valence-electron chi connectivity index (χ2n) is 7.53. The highest BCUT2D eigenvalue weighted by Gasteiger charge is 2.24. The molecule has 0 bridgehead atoms. The second-order valence-corrected chi connectivity index (χ2v) is 7.53. The van der Waals surface area contributed by atoms with Gasteiger partial charge in [-0.15, -0.1) is 0 Å². The summed E-state index contributed by atoms with van der Waals surface area (Å²) in [5.74, 6) is 1.08. The van der Waals surface area contributed by atoms with Gasteiger partial charge in [-0.1, -0.05) is 6.92 Å². The molecular weight excluding hydrogens is 368 g/mol. The molecule has 2 atom stereocenters. The van der Waals surface area contributed by atoms with Crippen molar-refractivity contribution in [2.24, 2.45) is 0 Å². The molecule has 0 saturated heterocycles. The van der Waals surface area contributed by atoms with Gasteiger partial charge in [-0.3, -0.25) is 19.6 Å². The molecule has 156 valence electrons. The molecule has 3 rings (SSSR count). The van der Waals surface area contributed by atoms with Crippen molar-refractivity contribution in [2.45, 2.75) is 76.9 Å². The number of hydrogen-bond donors (Lipinski definition) is 2. The normalized spacial score (nSPS) is 18.9. The van der Waals surface area contributed by atoms with E-state index in [9.17, 15) is 9.59 Å². The van der Waals surface area contributed by atoms with Crippen LogP contribution in [0.15, 0.2) is 31.0 Å². The van der Waals surface area contributed by atoms with Crippen molar-refractivity contribution in [1.82, 2.24) is 30.2 Å². The fourth-order valence-corrected chi connectivity index (χ4v) is 3.83. The second kappa shape index (κ2) is 10.7. The molecule has 2 N–H and O–H groups in total. The Morgan fingerprint density at radius 2 is 1.83 bits per heavy atom. The smallest absolute Gasteiger partial charge is 0.222 e. The minimum absolute atomic E-state index is 0.0276. The Morgan fingerprint density at radius 1 is 1.07 bits per heavy atom. The van der Waals surface area contributed by atoms with Gasteiger partial charge in [0.25, 0.3) is 0 Å². The molecule has 1 fully saturated rings. The standard InChI is InChI=1S/C21H30N6O2/c1-2-19-24-11-13-27(19)12-8-21(29)26-17-5-3-4-16(14-17)25-20(28)7-6-18-15-22-9-10-23-18/h9-11,13,15-17H,2-8,12,14H2,1H3,(H,25,28)(H,26,29)/t16-,17-/m1/s1. The third-order valence-corrected chi connectivity index (χ3v) is 5.33. The van der Waals surface area contributed by atoms with Crippen molar-refractivity contribution in [1.29, 1.82) is 0 Å². The predicted octanol–water partition coefficient (Wildman–Crippen LogP) is 1.80. The Bertz CT molecular complexity index is 791. The van der Waals surface area contributed by atoms with Crippen LogP contribution in [-0.4, -0.2) is 43.4 Å². The number of hydrogen-bond acceptors (Lipinski definition) is 5. The minimum Gasteiger partial charge on any atom is -0.353 e. The van der Waals surface area contributed by atoms with Crippen LogP contribution in [0.1, 0.15) is 57.0 Å². The van der Waals surface area contributed by atoms with E-state index < -0.39 is 0 Å². The van der Waals surface area contributed by atoms with E-state index in [1.165, 1.54) is 0 Å². The lowest BCUT2D eigenvalue weighted by atomic mass is 9.90. The Balaban J connectivity index is 1.38. The number of rotatable bonds is 9. The topological polar surface area (TPSA) is 102 Å². The first-order valence-electron chi connectivity index (χ1n) is 10.5. The number of aromatic nitrogens is 4. The van der Waals surface area contributed by atoms with E-state index in [0.29, 0.717) is 25.8 Å². The largest absolute Gasteiger partial charge is 0.353 e. The number of aryl methyl sites for hydroxylation is 3. The summed E-state index contributed by atoms with van der Waals surface area (Å²) in [6.07, 6.45) is 14.6. The zero-order chi connectivity index (χ0) is 20.5. The maximum absolute atomic E-state index is 12.3. The van der Waals surface area contributed by atoms with Gasteiger partial charge in [0, 0.05) is 68.9 Å². The van der Waals surface area contributed by atoms with Crippen LogP contribution in [0.2, 0.25) is 0 Å². The van der Waals surface area contributed by atoms with Crippen LogP contribution in [-0.2, 0) is 29.0 Å². The van der Waals surface area contributed by atoms with Gasteiger partial charge in [-0.2, -0.15) is 0 Å². The van der Waals surface area contributed by atoms with Gasteiger partial charge in [0.15, 0.2) is 0 Å². The Kier molecular flexibility index (Phi) is 7.72. The van der Waals surface area contributed by atoms with Crippen molar-refractivity contribution >= 4 is 11.8 Å². The lowest BCUT2D eigenvalue weighted by Crippen LogP contribution is -2.46. The van der Waals surface area contributed by atoms with Crippen LogP contribution in [0.3, 0.4) is 0 Å². The zero-order valence-electron chi connectivity index (χ0n) is 17.0. The van der Waals surface area contributed by atoms with Crippen LogP contribution in [0.25, 0.3) is 0 Å². The van der Waals surface area contributed by atoms with Crippen molar-refractivity contribution in [3.63, 3.8) is 0 Å². The number of imidazole rings is 1. The summed E-state index contributed by atoms with van der Waals surface area (Å²) in [5.41, 5.74) is 0.820. The van der Waals surface area contributed by atoms with Gasteiger partial charge in [-0.25, -0.2) is 4.98 Å². The summed E-state index contributed by atoms with van der Waals surface area (Å²) in [4.78, 5) is 37.1. The molecular formula is C21H30N6O2. The summed E-state index contributed by atoms with van der Waals surface area (Å²) < 4.78 is 2.03. The average molecular weight is 399 g/mol. The molecule has 0 spiro atoms. The highest BCUT2D eigenvalue weighted by Crippen LogP contribution is 2.19. The van der Waals surface area contributed by atoms with E-state index in [0.717, 1.165) is 43.6 Å². The maximum Gasteiger partial charge on any atom is 0.222 e. The predicted molar refractivity (Wildman–Crippen MR) is 109 cm³/mol.